The zero-order chi connectivity index (χ0) is 9.68. The summed E-state index contributed by atoms with van der Waals surface area (Å²) in [5.41, 5.74) is 5.96. The van der Waals surface area contributed by atoms with Gasteiger partial charge in [-0.2, -0.15) is 0 Å². The van der Waals surface area contributed by atoms with E-state index in [1.807, 2.05) is 0 Å². The lowest BCUT2D eigenvalue weighted by Crippen LogP contribution is -2.39. The lowest BCUT2D eigenvalue weighted by Gasteiger charge is -2.28. The van der Waals surface area contributed by atoms with E-state index in [4.69, 9.17) is 15.2 Å². The molecule has 0 amide bonds. The van der Waals surface area contributed by atoms with Gasteiger partial charge in [0, 0.05) is 19.3 Å². The Kier molecular flexibility index (Phi) is 4.70. The normalized spacial score (nSPS) is 29.5. The zero-order valence-corrected chi connectivity index (χ0v) is 8.66. The van der Waals surface area contributed by atoms with Crippen LogP contribution in [0.5, 0.6) is 0 Å². The molecule has 2 atom stereocenters. The molecule has 0 saturated carbocycles. The third-order valence-corrected chi connectivity index (χ3v) is 2.47. The van der Waals surface area contributed by atoms with Crippen LogP contribution in [0, 0.1) is 5.92 Å². The van der Waals surface area contributed by atoms with Crippen molar-refractivity contribution in [2.75, 3.05) is 19.8 Å². The van der Waals surface area contributed by atoms with E-state index >= 15 is 0 Å². The lowest BCUT2D eigenvalue weighted by atomic mass is 9.94. The van der Waals surface area contributed by atoms with Crippen molar-refractivity contribution in [3.05, 3.63) is 0 Å². The summed E-state index contributed by atoms with van der Waals surface area (Å²) >= 11 is 0. The quantitative estimate of drug-likeness (QED) is 0.718. The Morgan fingerprint density at radius 3 is 2.92 bits per heavy atom. The molecule has 78 valence electrons. The molecule has 2 N–H and O–H groups in total. The molecule has 0 aromatic heterocycles. The Labute approximate surface area is 80.6 Å². The first-order valence-corrected chi connectivity index (χ1v) is 5.15. The largest absolute Gasteiger partial charge is 0.381 e. The van der Waals surface area contributed by atoms with Crippen molar-refractivity contribution < 1.29 is 9.47 Å². The molecule has 1 heterocycles. The Bertz CT molecular complexity index is 139. The predicted octanol–water partition coefficient (Wildman–Crippen LogP) is 1.17. The van der Waals surface area contributed by atoms with Crippen LogP contribution in [0.1, 0.15) is 26.7 Å². The Morgan fingerprint density at radius 2 is 2.31 bits per heavy atom. The van der Waals surface area contributed by atoms with Gasteiger partial charge in [-0.15, -0.1) is 0 Å². The molecule has 1 fully saturated rings. The van der Waals surface area contributed by atoms with E-state index in [1.54, 1.807) is 0 Å². The SMILES string of the molecule is CC(C)OCCC1COCCC1N. The van der Waals surface area contributed by atoms with Crippen molar-refractivity contribution in [1.29, 1.82) is 0 Å². The van der Waals surface area contributed by atoms with Gasteiger partial charge in [-0.05, 0) is 32.6 Å². The van der Waals surface area contributed by atoms with Crippen LogP contribution < -0.4 is 5.73 Å². The minimum absolute atomic E-state index is 0.310. The van der Waals surface area contributed by atoms with Gasteiger partial charge in [-0.1, -0.05) is 0 Å². The second kappa shape index (κ2) is 5.58. The van der Waals surface area contributed by atoms with Crippen molar-refractivity contribution in [3.63, 3.8) is 0 Å². The maximum atomic E-state index is 5.96. The smallest absolute Gasteiger partial charge is 0.0518 e. The maximum Gasteiger partial charge on any atom is 0.0518 e. The molecule has 1 aliphatic rings. The van der Waals surface area contributed by atoms with E-state index in [9.17, 15) is 0 Å². The van der Waals surface area contributed by atoms with Gasteiger partial charge >= 0.3 is 0 Å². The standard InChI is InChI=1S/C10H21NO2/c1-8(2)13-6-3-9-7-12-5-4-10(9)11/h8-10H,3-7,11H2,1-2H3. The summed E-state index contributed by atoms with van der Waals surface area (Å²) in [7, 11) is 0. The Hall–Kier alpha value is -0.120. The molecule has 0 aromatic rings. The fourth-order valence-electron chi connectivity index (χ4n) is 1.57. The van der Waals surface area contributed by atoms with Crippen molar-refractivity contribution in [3.8, 4) is 0 Å². The minimum atomic E-state index is 0.310. The van der Waals surface area contributed by atoms with Gasteiger partial charge < -0.3 is 15.2 Å². The Balaban J connectivity index is 2.11. The van der Waals surface area contributed by atoms with Gasteiger partial charge in [0.25, 0.3) is 0 Å². The highest BCUT2D eigenvalue weighted by molar-refractivity contribution is 4.76. The highest BCUT2D eigenvalue weighted by Crippen LogP contribution is 2.16. The van der Waals surface area contributed by atoms with Crippen molar-refractivity contribution in [2.24, 2.45) is 11.7 Å². The maximum absolute atomic E-state index is 5.96. The summed E-state index contributed by atoms with van der Waals surface area (Å²) in [6.07, 6.45) is 2.34. The third-order valence-electron chi connectivity index (χ3n) is 2.47. The molecular weight excluding hydrogens is 166 g/mol. The molecule has 0 spiro atoms. The summed E-state index contributed by atoms with van der Waals surface area (Å²) in [6, 6.07) is 0.310. The highest BCUT2D eigenvalue weighted by Gasteiger charge is 2.21. The second-order valence-electron chi connectivity index (χ2n) is 4.00. The van der Waals surface area contributed by atoms with Gasteiger partial charge in [0.15, 0.2) is 0 Å². The molecular formula is C10H21NO2. The van der Waals surface area contributed by atoms with Gasteiger partial charge in [0.2, 0.25) is 0 Å². The van der Waals surface area contributed by atoms with Crippen LogP contribution in [0.4, 0.5) is 0 Å². The highest BCUT2D eigenvalue weighted by atomic mass is 16.5. The van der Waals surface area contributed by atoms with E-state index in [-0.39, 0.29) is 0 Å². The third kappa shape index (κ3) is 4.07. The predicted molar refractivity (Wildman–Crippen MR) is 52.6 cm³/mol. The summed E-state index contributed by atoms with van der Waals surface area (Å²) in [5, 5.41) is 0. The van der Waals surface area contributed by atoms with Crippen LogP contribution in [0.2, 0.25) is 0 Å². The van der Waals surface area contributed by atoms with E-state index in [0.717, 1.165) is 32.7 Å². The van der Waals surface area contributed by atoms with Crippen LogP contribution in [-0.4, -0.2) is 32.0 Å². The first-order chi connectivity index (χ1) is 6.20. The monoisotopic (exact) mass is 187 g/mol. The fraction of sp³-hybridized carbons (Fsp3) is 1.00. The van der Waals surface area contributed by atoms with Gasteiger partial charge in [0.05, 0.1) is 12.7 Å². The van der Waals surface area contributed by atoms with E-state index < -0.39 is 0 Å². The van der Waals surface area contributed by atoms with E-state index in [2.05, 4.69) is 13.8 Å². The van der Waals surface area contributed by atoms with Crippen LogP contribution in [0.3, 0.4) is 0 Å². The fourth-order valence-corrected chi connectivity index (χ4v) is 1.57. The summed E-state index contributed by atoms with van der Waals surface area (Å²) in [6.45, 7) is 6.54. The summed E-state index contributed by atoms with van der Waals surface area (Å²) in [4.78, 5) is 0. The van der Waals surface area contributed by atoms with Gasteiger partial charge in [-0.3, -0.25) is 0 Å². The van der Waals surface area contributed by atoms with Crippen molar-refractivity contribution >= 4 is 0 Å². The molecule has 13 heavy (non-hydrogen) atoms. The molecule has 3 heteroatoms. The van der Waals surface area contributed by atoms with Gasteiger partial charge in [0.1, 0.15) is 0 Å². The van der Waals surface area contributed by atoms with E-state index in [1.165, 1.54) is 0 Å². The van der Waals surface area contributed by atoms with Crippen molar-refractivity contribution in [1.82, 2.24) is 0 Å². The van der Waals surface area contributed by atoms with E-state index in [0.29, 0.717) is 18.1 Å². The molecule has 0 aromatic carbocycles. The Morgan fingerprint density at radius 1 is 1.54 bits per heavy atom. The van der Waals surface area contributed by atoms with Crippen LogP contribution in [-0.2, 0) is 9.47 Å². The average molecular weight is 187 g/mol. The number of nitrogens with two attached hydrogens (primary N) is 1. The first kappa shape index (κ1) is 11.0. The minimum Gasteiger partial charge on any atom is -0.381 e. The van der Waals surface area contributed by atoms with Crippen molar-refractivity contribution in [2.45, 2.75) is 38.8 Å². The molecule has 2 unspecified atom stereocenters. The lowest BCUT2D eigenvalue weighted by molar-refractivity contribution is 0.0123. The molecule has 0 aliphatic carbocycles. The molecule has 0 bridgehead atoms. The number of rotatable bonds is 4. The van der Waals surface area contributed by atoms with Crippen LogP contribution in [0.25, 0.3) is 0 Å². The molecule has 0 radical (unpaired) electrons. The summed E-state index contributed by atoms with van der Waals surface area (Å²) in [5.74, 6) is 0.493. The molecule has 1 aliphatic heterocycles. The molecule has 1 saturated heterocycles. The van der Waals surface area contributed by atoms with Crippen LogP contribution in [0.15, 0.2) is 0 Å². The summed E-state index contributed by atoms with van der Waals surface area (Å²) < 4.78 is 10.9. The number of hydrogen-bond donors (Lipinski definition) is 1. The van der Waals surface area contributed by atoms with Crippen LogP contribution >= 0.6 is 0 Å². The first-order valence-electron chi connectivity index (χ1n) is 5.15. The average Bonchev–Trinajstić information content (AvgIpc) is 2.08. The topological polar surface area (TPSA) is 44.5 Å². The molecule has 1 rings (SSSR count). The number of ether oxygens (including phenoxy) is 2. The zero-order valence-electron chi connectivity index (χ0n) is 8.66. The molecule has 3 nitrogen and oxygen atoms in total. The second-order valence-corrected chi connectivity index (χ2v) is 4.00. The van der Waals surface area contributed by atoms with Gasteiger partial charge in [-0.25, -0.2) is 0 Å². The number of hydrogen-bond acceptors (Lipinski definition) is 3.